The normalized spacial score (nSPS) is 17.4. The van der Waals surface area contributed by atoms with E-state index in [1.807, 2.05) is 0 Å². The molecule has 1 fully saturated rings. The molecule has 1 atom stereocenters. The highest BCUT2D eigenvalue weighted by atomic mass is 16.7. The average molecular weight is 235 g/mol. The number of ether oxygens (including phenoxy) is 2. The quantitative estimate of drug-likeness (QED) is 0.736. The molecule has 0 amide bonds. The fourth-order valence-corrected chi connectivity index (χ4v) is 2.13. The standard InChI is InChI=1S/C14H21NO2/c1-16-13(17-2)10-15-14(12-8-9-12)11-6-4-3-5-7-11/h3-7,12-15H,8-10H2,1-2H3. The van der Waals surface area contributed by atoms with Gasteiger partial charge < -0.3 is 14.8 Å². The Morgan fingerprint density at radius 1 is 1.18 bits per heavy atom. The fraction of sp³-hybridized carbons (Fsp3) is 0.571. The second-order valence-corrected chi connectivity index (χ2v) is 4.53. The van der Waals surface area contributed by atoms with Crippen LogP contribution in [-0.4, -0.2) is 27.1 Å². The molecule has 3 heteroatoms. The summed E-state index contributed by atoms with van der Waals surface area (Å²) in [4.78, 5) is 0. The summed E-state index contributed by atoms with van der Waals surface area (Å²) >= 11 is 0. The first kappa shape index (κ1) is 12.6. The predicted octanol–water partition coefficient (Wildman–Crippen LogP) is 2.35. The maximum absolute atomic E-state index is 5.20. The molecule has 0 aliphatic heterocycles. The van der Waals surface area contributed by atoms with E-state index >= 15 is 0 Å². The van der Waals surface area contributed by atoms with Crippen LogP contribution in [0, 0.1) is 5.92 Å². The molecule has 1 aliphatic rings. The van der Waals surface area contributed by atoms with E-state index in [0.717, 1.165) is 12.5 Å². The predicted molar refractivity (Wildman–Crippen MR) is 67.7 cm³/mol. The first-order chi connectivity index (χ1) is 8.35. The van der Waals surface area contributed by atoms with Crippen molar-refractivity contribution in [2.45, 2.75) is 25.2 Å². The van der Waals surface area contributed by atoms with Crippen LogP contribution in [0.3, 0.4) is 0 Å². The number of nitrogens with one attached hydrogen (secondary N) is 1. The van der Waals surface area contributed by atoms with E-state index in [1.54, 1.807) is 14.2 Å². The second kappa shape index (κ2) is 6.15. The zero-order valence-corrected chi connectivity index (χ0v) is 10.6. The molecule has 0 radical (unpaired) electrons. The van der Waals surface area contributed by atoms with Gasteiger partial charge in [-0.25, -0.2) is 0 Å². The first-order valence-corrected chi connectivity index (χ1v) is 6.19. The van der Waals surface area contributed by atoms with Crippen molar-refractivity contribution in [2.24, 2.45) is 5.92 Å². The van der Waals surface area contributed by atoms with Gasteiger partial charge in [-0.2, -0.15) is 0 Å². The van der Waals surface area contributed by atoms with Crippen molar-refractivity contribution in [1.29, 1.82) is 0 Å². The maximum atomic E-state index is 5.20. The third-order valence-corrected chi connectivity index (χ3v) is 3.28. The first-order valence-electron chi connectivity index (χ1n) is 6.19. The van der Waals surface area contributed by atoms with Crippen molar-refractivity contribution in [3.05, 3.63) is 35.9 Å². The van der Waals surface area contributed by atoms with Crippen LogP contribution in [0.4, 0.5) is 0 Å². The van der Waals surface area contributed by atoms with Gasteiger partial charge in [0, 0.05) is 26.8 Å². The second-order valence-electron chi connectivity index (χ2n) is 4.53. The van der Waals surface area contributed by atoms with Gasteiger partial charge in [-0.1, -0.05) is 30.3 Å². The Kier molecular flexibility index (Phi) is 4.54. The fourth-order valence-electron chi connectivity index (χ4n) is 2.13. The Morgan fingerprint density at radius 2 is 1.82 bits per heavy atom. The summed E-state index contributed by atoms with van der Waals surface area (Å²) in [5, 5.41) is 3.55. The summed E-state index contributed by atoms with van der Waals surface area (Å²) in [7, 11) is 3.34. The SMILES string of the molecule is COC(CNC(c1ccccc1)C1CC1)OC. The zero-order chi connectivity index (χ0) is 12.1. The monoisotopic (exact) mass is 235 g/mol. The van der Waals surface area contributed by atoms with E-state index in [2.05, 4.69) is 35.6 Å². The lowest BCUT2D eigenvalue weighted by atomic mass is 10.0. The van der Waals surface area contributed by atoms with Crippen LogP contribution in [0.15, 0.2) is 30.3 Å². The van der Waals surface area contributed by atoms with Crippen molar-refractivity contribution in [2.75, 3.05) is 20.8 Å². The number of benzene rings is 1. The minimum absolute atomic E-state index is 0.167. The molecular weight excluding hydrogens is 214 g/mol. The molecule has 3 nitrogen and oxygen atoms in total. The third-order valence-electron chi connectivity index (χ3n) is 3.28. The molecule has 1 aromatic carbocycles. The van der Waals surface area contributed by atoms with E-state index in [0.29, 0.717) is 6.04 Å². The van der Waals surface area contributed by atoms with Crippen molar-refractivity contribution in [3.8, 4) is 0 Å². The van der Waals surface area contributed by atoms with E-state index in [-0.39, 0.29) is 6.29 Å². The smallest absolute Gasteiger partial charge is 0.169 e. The molecule has 1 unspecified atom stereocenters. The van der Waals surface area contributed by atoms with Gasteiger partial charge in [0.1, 0.15) is 0 Å². The van der Waals surface area contributed by atoms with Crippen LogP contribution in [-0.2, 0) is 9.47 Å². The van der Waals surface area contributed by atoms with Crippen LogP contribution in [0.2, 0.25) is 0 Å². The molecule has 1 aromatic rings. The van der Waals surface area contributed by atoms with Gasteiger partial charge in [0.25, 0.3) is 0 Å². The Hall–Kier alpha value is -0.900. The molecule has 94 valence electrons. The number of hydrogen-bond acceptors (Lipinski definition) is 3. The molecule has 1 saturated carbocycles. The van der Waals surface area contributed by atoms with Crippen LogP contribution in [0.5, 0.6) is 0 Å². The molecule has 17 heavy (non-hydrogen) atoms. The molecule has 2 rings (SSSR count). The van der Waals surface area contributed by atoms with Gasteiger partial charge in [0.05, 0.1) is 0 Å². The molecule has 1 aliphatic carbocycles. The molecule has 0 aromatic heterocycles. The minimum atomic E-state index is -0.167. The van der Waals surface area contributed by atoms with E-state index in [1.165, 1.54) is 18.4 Å². The summed E-state index contributed by atoms with van der Waals surface area (Å²) in [6.45, 7) is 0.725. The van der Waals surface area contributed by atoms with E-state index in [9.17, 15) is 0 Å². The molecule has 0 spiro atoms. The maximum Gasteiger partial charge on any atom is 0.169 e. The minimum Gasteiger partial charge on any atom is -0.355 e. The van der Waals surface area contributed by atoms with Gasteiger partial charge >= 0.3 is 0 Å². The van der Waals surface area contributed by atoms with Gasteiger partial charge in [-0.3, -0.25) is 0 Å². The van der Waals surface area contributed by atoms with Gasteiger partial charge in [-0.05, 0) is 24.3 Å². The highest BCUT2D eigenvalue weighted by molar-refractivity contribution is 5.21. The Labute approximate surface area is 103 Å². The summed E-state index contributed by atoms with van der Waals surface area (Å²) in [5.41, 5.74) is 1.36. The van der Waals surface area contributed by atoms with E-state index in [4.69, 9.17) is 9.47 Å². The van der Waals surface area contributed by atoms with Crippen molar-refractivity contribution < 1.29 is 9.47 Å². The van der Waals surface area contributed by atoms with Crippen LogP contribution in [0.25, 0.3) is 0 Å². The van der Waals surface area contributed by atoms with Gasteiger partial charge in [0.15, 0.2) is 6.29 Å². The summed E-state index contributed by atoms with van der Waals surface area (Å²) in [5.74, 6) is 0.770. The number of methoxy groups -OCH3 is 2. The van der Waals surface area contributed by atoms with Crippen molar-refractivity contribution in [3.63, 3.8) is 0 Å². The molecule has 0 heterocycles. The Balaban J connectivity index is 1.94. The Bertz CT molecular complexity index is 320. The molecular formula is C14H21NO2. The van der Waals surface area contributed by atoms with Crippen molar-refractivity contribution >= 4 is 0 Å². The largest absolute Gasteiger partial charge is 0.355 e. The van der Waals surface area contributed by atoms with Crippen LogP contribution >= 0.6 is 0 Å². The van der Waals surface area contributed by atoms with Crippen molar-refractivity contribution in [1.82, 2.24) is 5.32 Å². The molecule has 0 saturated heterocycles. The third kappa shape index (κ3) is 3.53. The lowest BCUT2D eigenvalue weighted by Crippen LogP contribution is -2.33. The topological polar surface area (TPSA) is 30.5 Å². The summed E-state index contributed by atoms with van der Waals surface area (Å²) in [6, 6.07) is 11.0. The summed E-state index contributed by atoms with van der Waals surface area (Å²) < 4.78 is 10.4. The zero-order valence-electron chi connectivity index (χ0n) is 10.6. The number of rotatable bonds is 7. The average Bonchev–Trinajstić information content (AvgIpc) is 3.20. The lowest BCUT2D eigenvalue weighted by molar-refractivity contribution is -0.100. The van der Waals surface area contributed by atoms with Crippen LogP contribution in [0.1, 0.15) is 24.4 Å². The molecule has 1 N–H and O–H groups in total. The van der Waals surface area contributed by atoms with Gasteiger partial charge in [-0.15, -0.1) is 0 Å². The molecule has 0 bridgehead atoms. The highest BCUT2D eigenvalue weighted by Gasteiger charge is 2.32. The Morgan fingerprint density at radius 3 is 2.35 bits per heavy atom. The lowest BCUT2D eigenvalue weighted by Gasteiger charge is -2.22. The highest BCUT2D eigenvalue weighted by Crippen LogP contribution is 2.40. The number of hydrogen-bond donors (Lipinski definition) is 1. The van der Waals surface area contributed by atoms with Gasteiger partial charge in [0.2, 0.25) is 0 Å². The summed E-state index contributed by atoms with van der Waals surface area (Å²) in [6.07, 6.45) is 2.47. The van der Waals surface area contributed by atoms with E-state index < -0.39 is 0 Å². The van der Waals surface area contributed by atoms with Crippen LogP contribution < -0.4 is 5.32 Å².